The van der Waals surface area contributed by atoms with E-state index in [-0.39, 0.29) is 5.41 Å². The Morgan fingerprint density at radius 3 is 2.83 bits per heavy atom. The summed E-state index contributed by atoms with van der Waals surface area (Å²) >= 11 is 6.38. The Kier molecular flexibility index (Phi) is 5.71. The standard InChI is InChI=1S/C22H24ClN7/c1-29(2)12-16-5-3-6-18(9-16)27-21-25-11-19(23)20(28-21)17-10-26-30(13-17)15-22(14-24)7-4-8-22/h3,5-6,9-11,13H,4,7-8,12,15H2,1-2H3,(H,25,27,28). The van der Waals surface area contributed by atoms with Crippen LogP contribution in [-0.2, 0) is 13.1 Å². The van der Waals surface area contributed by atoms with Gasteiger partial charge in [0.05, 0.1) is 41.1 Å². The van der Waals surface area contributed by atoms with Crippen LogP contribution in [0, 0.1) is 16.7 Å². The fourth-order valence-corrected chi connectivity index (χ4v) is 3.86. The van der Waals surface area contributed by atoms with Crippen LogP contribution in [0.15, 0.2) is 42.9 Å². The minimum absolute atomic E-state index is 0.289. The van der Waals surface area contributed by atoms with Crippen LogP contribution in [-0.4, -0.2) is 38.7 Å². The highest BCUT2D eigenvalue weighted by Crippen LogP contribution is 2.41. The summed E-state index contributed by atoms with van der Waals surface area (Å²) in [6.07, 6.45) is 8.18. The molecule has 0 spiro atoms. The quantitative estimate of drug-likeness (QED) is 0.605. The maximum absolute atomic E-state index is 9.47. The summed E-state index contributed by atoms with van der Waals surface area (Å²) < 4.78 is 1.81. The van der Waals surface area contributed by atoms with Gasteiger partial charge in [-0.15, -0.1) is 0 Å². The van der Waals surface area contributed by atoms with Crippen LogP contribution in [0.4, 0.5) is 11.6 Å². The average Bonchev–Trinajstić information content (AvgIpc) is 3.14. The fraction of sp³-hybridized carbons (Fsp3) is 0.364. The summed E-state index contributed by atoms with van der Waals surface area (Å²) in [5.41, 5.74) is 3.24. The van der Waals surface area contributed by atoms with Crippen LogP contribution in [0.3, 0.4) is 0 Å². The number of benzene rings is 1. The molecule has 154 valence electrons. The highest BCUT2D eigenvalue weighted by Gasteiger charge is 2.37. The first kappa shape index (κ1) is 20.3. The molecule has 0 atom stereocenters. The lowest BCUT2D eigenvalue weighted by molar-refractivity contribution is 0.174. The molecule has 8 heteroatoms. The number of anilines is 2. The van der Waals surface area contributed by atoms with E-state index >= 15 is 0 Å². The zero-order valence-corrected chi connectivity index (χ0v) is 17.9. The van der Waals surface area contributed by atoms with Gasteiger partial charge in [0.15, 0.2) is 0 Å². The summed E-state index contributed by atoms with van der Waals surface area (Å²) in [6, 6.07) is 10.6. The summed E-state index contributed by atoms with van der Waals surface area (Å²) in [6.45, 7) is 1.45. The Hall–Kier alpha value is -2.95. The zero-order valence-electron chi connectivity index (χ0n) is 17.1. The maximum Gasteiger partial charge on any atom is 0.227 e. The van der Waals surface area contributed by atoms with Gasteiger partial charge < -0.3 is 10.2 Å². The van der Waals surface area contributed by atoms with Crippen LogP contribution < -0.4 is 5.32 Å². The summed E-state index contributed by atoms with van der Waals surface area (Å²) in [5.74, 6) is 0.469. The van der Waals surface area contributed by atoms with Crippen molar-refractivity contribution in [3.63, 3.8) is 0 Å². The van der Waals surface area contributed by atoms with E-state index in [2.05, 4.69) is 43.5 Å². The SMILES string of the molecule is CN(C)Cc1cccc(Nc2ncc(Cl)c(-c3cnn(CC4(C#N)CCC4)c3)n2)c1. The van der Waals surface area contributed by atoms with Gasteiger partial charge in [0.25, 0.3) is 0 Å². The van der Waals surface area contributed by atoms with Crippen molar-refractivity contribution in [1.82, 2.24) is 24.6 Å². The van der Waals surface area contributed by atoms with E-state index in [9.17, 15) is 5.26 Å². The van der Waals surface area contributed by atoms with Gasteiger partial charge in [0.2, 0.25) is 5.95 Å². The minimum atomic E-state index is -0.289. The molecule has 1 aliphatic carbocycles. The molecule has 2 aromatic heterocycles. The number of nitrogens with one attached hydrogen (secondary N) is 1. The lowest BCUT2D eigenvalue weighted by atomic mass is 9.70. The minimum Gasteiger partial charge on any atom is -0.324 e. The summed E-state index contributed by atoms with van der Waals surface area (Å²) in [7, 11) is 4.08. The number of aromatic nitrogens is 4. The number of nitrogens with zero attached hydrogens (tertiary/aromatic N) is 6. The van der Waals surface area contributed by atoms with Gasteiger partial charge in [-0.05, 0) is 44.6 Å². The second-order valence-corrected chi connectivity index (χ2v) is 8.53. The van der Waals surface area contributed by atoms with Crippen LogP contribution >= 0.6 is 11.6 Å². The van der Waals surface area contributed by atoms with Crippen LogP contribution in [0.5, 0.6) is 0 Å². The van der Waals surface area contributed by atoms with Crippen molar-refractivity contribution in [3.8, 4) is 17.3 Å². The zero-order chi connectivity index (χ0) is 21.1. The molecular weight excluding hydrogens is 398 g/mol. The van der Waals surface area contributed by atoms with E-state index in [1.54, 1.807) is 12.4 Å². The molecule has 0 aliphatic heterocycles. The van der Waals surface area contributed by atoms with Crippen molar-refractivity contribution in [3.05, 3.63) is 53.4 Å². The van der Waals surface area contributed by atoms with E-state index in [1.165, 1.54) is 5.56 Å². The Bertz CT molecular complexity index is 1080. The van der Waals surface area contributed by atoms with Crippen LogP contribution in [0.1, 0.15) is 24.8 Å². The molecular formula is C22H24ClN7. The predicted molar refractivity (Wildman–Crippen MR) is 117 cm³/mol. The van der Waals surface area contributed by atoms with Crippen molar-refractivity contribution in [2.45, 2.75) is 32.4 Å². The van der Waals surface area contributed by atoms with Crippen molar-refractivity contribution in [2.75, 3.05) is 19.4 Å². The fourth-order valence-electron chi connectivity index (χ4n) is 3.66. The van der Waals surface area contributed by atoms with Gasteiger partial charge >= 0.3 is 0 Å². The average molecular weight is 422 g/mol. The van der Waals surface area contributed by atoms with Gasteiger partial charge in [-0.3, -0.25) is 4.68 Å². The molecule has 1 saturated carbocycles. The van der Waals surface area contributed by atoms with E-state index in [1.807, 2.05) is 37.1 Å². The largest absolute Gasteiger partial charge is 0.324 e. The van der Waals surface area contributed by atoms with E-state index in [0.717, 1.165) is 37.1 Å². The van der Waals surface area contributed by atoms with Gasteiger partial charge in [0, 0.05) is 24.0 Å². The lowest BCUT2D eigenvalue weighted by Gasteiger charge is -2.34. The molecule has 1 fully saturated rings. The molecule has 1 N–H and O–H groups in total. The third-order valence-corrected chi connectivity index (χ3v) is 5.62. The van der Waals surface area contributed by atoms with Gasteiger partial charge in [-0.2, -0.15) is 10.4 Å². The molecule has 1 aliphatic rings. The first-order chi connectivity index (χ1) is 14.5. The molecule has 0 amide bonds. The van der Waals surface area contributed by atoms with E-state index < -0.39 is 0 Å². The molecule has 1 aromatic carbocycles. The number of nitriles is 1. The van der Waals surface area contributed by atoms with Crippen molar-refractivity contribution >= 4 is 23.2 Å². The molecule has 0 bridgehead atoms. The molecule has 0 radical (unpaired) electrons. The molecule has 0 unspecified atom stereocenters. The van der Waals surface area contributed by atoms with Crippen molar-refractivity contribution in [2.24, 2.45) is 5.41 Å². The topological polar surface area (TPSA) is 82.7 Å². The number of hydrogen-bond acceptors (Lipinski definition) is 6. The molecule has 7 nitrogen and oxygen atoms in total. The highest BCUT2D eigenvalue weighted by molar-refractivity contribution is 6.32. The van der Waals surface area contributed by atoms with Gasteiger partial charge in [-0.25, -0.2) is 9.97 Å². The second-order valence-electron chi connectivity index (χ2n) is 8.13. The first-order valence-corrected chi connectivity index (χ1v) is 10.3. The first-order valence-electron chi connectivity index (χ1n) is 9.94. The second kappa shape index (κ2) is 8.42. The monoisotopic (exact) mass is 421 g/mol. The molecule has 30 heavy (non-hydrogen) atoms. The van der Waals surface area contributed by atoms with Crippen molar-refractivity contribution < 1.29 is 0 Å². The summed E-state index contributed by atoms with van der Waals surface area (Å²) in [4.78, 5) is 11.0. The third kappa shape index (κ3) is 4.45. The molecule has 4 rings (SSSR count). The molecule has 0 saturated heterocycles. The number of hydrogen-bond donors (Lipinski definition) is 1. The molecule has 3 aromatic rings. The maximum atomic E-state index is 9.47. The van der Waals surface area contributed by atoms with Crippen LogP contribution in [0.2, 0.25) is 5.02 Å². The Labute approximate surface area is 181 Å². The third-order valence-electron chi connectivity index (χ3n) is 5.35. The highest BCUT2D eigenvalue weighted by atomic mass is 35.5. The summed E-state index contributed by atoms with van der Waals surface area (Å²) in [5, 5.41) is 17.6. The van der Waals surface area contributed by atoms with Crippen molar-refractivity contribution in [1.29, 1.82) is 5.26 Å². The van der Waals surface area contributed by atoms with Gasteiger partial charge in [0.1, 0.15) is 0 Å². The normalized spacial score (nSPS) is 14.9. The number of halogens is 1. The van der Waals surface area contributed by atoms with Gasteiger partial charge in [-0.1, -0.05) is 30.2 Å². The van der Waals surface area contributed by atoms with E-state index in [0.29, 0.717) is 23.2 Å². The Morgan fingerprint density at radius 1 is 1.30 bits per heavy atom. The van der Waals surface area contributed by atoms with E-state index in [4.69, 9.17) is 11.6 Å². The Morgan fingerprint density at radius 2 is 2.13 bits per heavy atom. The molecule has 2 heterocycles. The number of rotatable bonds is 7. The predicted octanol–water partition coefficient (Wildman–Crippen LogP) is 4.49. The smallest absolute Gasteiger partial charge is 0.227 e. The van der Waals surface area contributed by atoms with Crippen LogP contribution in [0.25, 0.3) is 11.3 Å². The Balaban J connectivity index is 1.54. The lowest BCUT2D eigenvalue weighted by Crippen LogP contribution is -2.32.